The lowest BCUT2D eigenvalue weighted by atomic mass is 10.2. The van der Waals surface area contributed by atoms with Gasteiger partial charge in [0, 0.05) is 18.5 Å². The fourth-order valence-electron chi connectivity index (χ4n) is 3.32. The van der Waals surface area contributed by atoms with E-state index in [-0.39, 0.29) is 17.4 Å². The molecule has 1 aromatic carbocycles. The van der Waals surface area contributed by atoms with E-state index in [9.17, 15) is 9.59 Å². The topological polar surface area (TPSA) is 75.7 Å². The van der Waals surface area contributed by atoms with E-state index in [4.69, 9.17) is 8.83 Å². The zero-order valence-corrected chi connectivity index (χ0v) is 14.4. The smallest absolute Gasteiger partial charge is 0.291 e. The Morgan fingerprint density at radius 3 is 2.46 bits per heavy atom. The number of rotatable bonds is 3. The van der Waals surface area contributed by atoms with Gasteiger partial charge in [-0.25, -0.2) is 0 Å². The Bertz CT molecular complexity index is 919. The highest BCUT2D eigenvalue weighted by molar-refractivity contribution is 6.13. The van der Waals surface area contributed by atoms with Crippen molar-refractivity contribution in [1.82, 2.24) is 4.90 Å². The number of para-hydroxylation sites is 1. The van der Waals surface area contributed by atoms with Crippen LogP contribution in [0.2, 0.25) is 0 Å². The Hall–Kier alpha value is -3.02. The second kappa shape index (κ2) is 7.07. The number of hydrogen-bond donors (Lipinski definition) is 1. The van der Waals surface area contributed by atoms with Crippen molar-refractivity contribution in [3.63, 3.8) is 0 Å². The average Bonchev–Trinajstić information content (AvgIpc) is 3.23. The maximum atomic E-state index is 13.1. The summed E-state index contributed by atoms with van der Waals surface area (Å²) in [7, 11) is 0. The largest absolute Gasteiger partial charge is 0.459 e. The molecule has 3 aromatic rings. The SMILES string of the molecule is O=C(Nc1c(C(=O)N2CCCCCC2)oc2ccccc12)c1ccco1. The number of amides is 2. The first-order valence-corrected chi connectivity index (χ1v) is 8.90. The number of hydrogen-bond acceptors (Lipinski definition) is 4. The summed E-state index contributed by atoms with van der Waals surface area (Å²) < 4.78 is 11.0. The van der Waals surface area contributed by atoms with Crippen LogP contribution >= 0.6 is 0 Å². The molecule has 0 radical (unpaired) electrons. The zero-order chi connectivity index (χ0) is 17.9. The first kappa shape index (κ1) is 16.4. The Morgan fingerprint density at radius 1 is 0.962 bits per heavy atom. The molecule has 0 spiro atoms. The molecule has 2 amide bonds. The zero-order valence-electron chi connectivity index (χ0n) is 14.4. The number of furan rings is 2. The molecule has 0 saturated carbocycles. The molecule has 1 saturated heterocycles. The quantitative estimate of drug-likeness (QED) is 0.763. The molecule has 0 bridgehead atoms. The average molecular weight is 352 g/mol. The third-order valence-electron chi connectivity index (χ3n) is 4.67. The molecule has 3 heterocycles. The summed E-state index contributed by atoms with van der Waals surface area (Å²) in [6.07, 6.45) is 5.67. The van der Waals surface area contributed by atoms with Crippen molar-refractivity contribution in [3.05, 3.63) is 54.2 Å². The molecule has 1 fully saturated rings. The first-order valence-electron chi connectivity index (χ1n) is 8.90. The number of likely N-dealkylation sites (tertiary alicyclic amines) is 1. The van der Waals surface area contributed by atoms with Crippen molar-refractivity contribution in [1.29, 1.82) is 0 Å². The van der Waals surface area contributed by atoms with Gasteiger partial charge in [0.1, 0.15) is 11.3 Å². The van der Waals surface area contributed by atoms with E-state index in [0.29, 0.717) is 29.7 Å². The van der Waals surface area contributed by atoms with Crippen LogP contribution in [0.1, 0.15) is 46.8 Å². The van der Waals surface area contributed by atoms with Crippen LogP contribution in [0.25, 0.3) is 11.0 Å². The van der Waals surface area contributed by atoms with E-state index in [2.05, 4.69) is 5.32 Å². The van der Waals surface area contributed by atoms with Crippen LogP contribution in [-0.4, -0.2) is 29.8 Å². The fourth-order valence-corrected chi connectivity index (χ4v) is 3.32. The van der Waals surface area contributed by atoms with E-state index < -0.39 is 5.91 Å². The molecule has 26 heavy (non-hydrogen) atoms. The molecule has 6 nitrogen and oxygen atoms in total. The monoisotopic (exact) mass is 352 g/mol. The van der Waals surface area contributed by atoms with Crippen LogP contribution in [0, 0.1) is 0 Å². The standard InChI is InChI=1S/C20H20N2O4/c23-19(16-10-7-13-25-16)21-17-14-8-3-4-9-15(14)26-18(17)20(24)22-11-5-1-2-6-12-22/h3-4,7-10,13H,1-2,5-6,11-12H2,(H,21,23). The van der Waals surface area contributed by atoms with Gasteiger partial charge in [-0.2, -0.15) is 0 Å². The first-order chi connectivity index (χ1) is 12.7. The fraction of sp³-hybridized carbons (Fsp3) is 0.300. The molecule has 0 aliphatic carbocycles. The molecule has 1 aliphatic rings. The molecular weight excluding hydrogens is 332 g/mol. The lowest BCUT2D eigenvalue weighted by molar-refractivity contribution is 0.0733. The second-order valence-electron chi connectivity index (χ2n) is 6.44. The Kier molecular flexibility index (Phi) is 4.48. The summed E-state index contributed by atoms with van der Waals surface area (Å²) in [5.41, 5.74) is 0.969. The molecule has 134 valence electrons. The van der Waals surface area contributed by atoms with Crippen molar-refractivity contribution in [3.8, 4) is 0 Å². The number of anilines is 1. The molecular formula is C20H20N2O4. The minimum Gasteiger partial charge on any atom is -0.459 e. The van der Waals surface area contributed by atoms with Gasteiger partial charge >= 0.3 is 0 Å². The predicted octanol–water partition coefficient (Wildman–Crippen LogP) is 4.29. The summed E-state index contributed by atoms with van der Waals surface area (Å²) in [5.74, 6) is -0.235. The van der Waals surface area contributed by atoms with Crippen LogP contribution in [0.3, 0.4) is 0 Å². The van der Waals surface area contributed by atoms with Crippen LogP contribution in [0.15, 0.2) is 51.5 Å². The highest BCUT2D eigenvalue weighted by atomic mass is 16.4. The van der Waals surface area contributed by atoms with Crippen molar-refractivity contribution in [2.24, 2.45) is 0 Å². The highest BCUT2D eigenvalue weighted by Gasteiger charge is 2.27. The van der Waals surface area contributed by atoms with E-state index in [1.807, 2.05) is 23.1 Å². The van der Waals surface area contributed by atoms with Crippen LogP contribution in [0.5, 0.6) is 0 Å². The minimum atomic E-state index is -0.411. The van der Waals surface area contributed by atoms with Gasteiger partial charge < -0.3 is 19.1 Å². The summed E-state index contributed by atoms with van der Waals surface area (Å²) in [5, 5.41) is 3.50. The Balaban J connectivity index is 1.71. The van der Waals surface area contributed by atoms with Crippen molar-refractivity contribution >= 4 is 28.5 Å². The van der Waals surface area contributed by atoms with Gasteiger partial charge in [0.2, 0.25) is 5.76 Å². The van der Waals surface area contributed by atoms with Crippen LogP contribution in [-0.2, 0) is 0 Å². The Morgan fingerprint density at radius 2 is 1.73 bits per heavy atom. The van der Waals surface area contributed by atoms with Crippen molar-refractivity contribution in [2.45, 2.75) is 25.7 Å². The maximum Gasteiger partial charge on any atom is 0.291 e. The number of nitrogens with zero attached hydrogens (tertiary/aromatic N) is 1. The summed E-state index contributed by atoms with van der Waals surface area (Å²) in [4.78, 5) is 27.3. The molecule has 0 atom stereocenters. The molecule has 4 rings (SSSR count). The van der Waals surface area contributed by atoms with Gasteiger partial charge in [0.05, 0.1) is 6.26 Å². The number of fused-ring (bicyclic) bond motifs is 1. The van der Waals surface area contributed by atoms with Crippen LogP contribution in [0.4, 0.5) is 5.69 Å². The number of benzene rings is 1. The molecule has 2 aromatic heterocycles. The Labute approximate surface area is 150 Å². The van der Waals surface area contributed by atoms with Gasteiger partial charge in [-0.05, 0) is 37.1 Å². The number of carbonyl (C=O) groups excluding carboxylic acids is 2. The molecule has 6 heteroatoms. The van der Waals surface area contributed by atoms with Gasteiger partial charge in [-0.15, -0.1) is 0 Å². The van der Waals surface area contributed by atoms with E-state index in [0.717, 1.165) is 25.7 Å². The van der Waals surface area contributed by atoms with Gasteiger partial charge in [0.15, 0.2) is 5.76 Å². The van der Waals surface area contributed by atoms with Crippen molar-refractivity contribution < 1.29 is 18.4 Å². The lowest BCUT2D eigenvalue weighted by Gasteiger charge is -2.19. The normalized spacial score (nSPS) is 15.0. The van der Waals surface area contributed by atoms with Gasteiger partial charge in [-0.1, -0.05) is 25.0 Å². The van der Waals surface area contributed by atoms with Gasteiger partial charge in [-0.3, -0.25) is 9.59 Å². The number of carbonyl (C=O) groups is 2. The predicted molar refractivity (Wildman–Crippen MR) is 97.2 cm³/mol. The lowest BCUT2D eigenvalue weighted by Crippen LogP contribution is -2.32. The maximum absolute atomic E-state index is 13.1. The minimum absolute atomic E-state index is 0.174. The molecule has 1 N–H and O–H groups in total. The van der Waals surface area contributed by atoms with Crippen LogP contribution < -0.4 is 5.32 Å². The third-order valence-corrected chi connectivity index (χ3v) is 4.67. The third kappa shape index (κ3) is 3.10. The van der Waals surface area contributed by atoms with E-state index in [1.165, 1.54) is 6.26 Å². The summed E-state index contributed by atoms with van der Waals surface area (Å²) >= 11 is 0. The van der Waals surface area contributed by atoms with Gasteiger partial charge in [0.25, 0.3) is 11.8 Å². The molecule has 1 aliphatic heterocycles. The number of nitrogens with one attached hydrogen (secondary N) is 1. The van der Waals surface area contributed by atoms with E-state index in [1.54, 1.807) is 18.2 Å². The summed E-state index contributed by atoms with van der Waals surface area (Å²) in [6.45, 7) is 1.42. The second-order valence-corrected chi connectivity index (χ2v) is 6.44. The summed E-state index contributed by atoms with van der Waals surface area (Å²) in [6, 6.07) is 10.5. The van der Waals surface area contributed by atoms with Crippen molar-refractivity contribution in [2.75, 3.05) is 18.4 Å². The highest BCUT2D eigenvalue weighted by Crippen LogP contribution is 2.32. The van der Waals surface area contributed by atoms with E-state index >= 15 is 0 Å². The molecule has 0 unspecified atom stereocenters.